The lowest BCUT2D eigenvalue weighted by Gasteiger charge is -2.10. The highest BCUT2D eigenvalue weighted by Gasteiger charge is 2.14. The molecular formula is C17H16ClN3O4S. The van der Waals surface area contributed by atoms with Gasteiger partial charge in [0, 0.05) is 35.1 Å². The molecule has 2 N–H and O–H groups in total. The first-order valence-electron chi connectivity index (χ1n) is 7.68. The van der Waals surface area contributed by atoms with Gasteiger partial charge < -0.3 is 4.42 Å². The Morgan fingerprint density at radius 1 is 1.23 bits per heavy atom. The van der Waals surface area contributed by atoms with Crippen molar-refractivity contribution < 1.29 is 12.8 Å². The summed E-state index contributed by atoms with van der Waals surface area (Å²) >= 11 is 6.04. The number of nitrogens with one attached hydrogen (secondary N) is 2. The van der Waals surface area contributed by atoms with Crippen LogP contribution in [0.3, 0.4) is 0 Å². The Balaban J connectivity index is 2.00. The van der Waals surface area contributed by atoms with Gasteiger partial charge in [-0.05, 0) is 42.8 Å². The molecule has 0 saturated carbocycles. The average molecular weight is 394 g/mol. The largest absolute Gasteiger partial charge is 0.423 e. The van der Waals surface area contributed by atoms with Crippen LogP contribution in [0, 0.1) is 6.92 Å². The Bertz CT molecular complexity index is 1140. The van der Waals surface area contributed by atoms with Crippen molar-refractivity contribution in [3.05, 3.63) is 68.7 Å². The van der Waals surface area contributed by atoms with Crippen LogP contribution in [0.25, 0.3) is 11.0 Å². The summed E-state index contributed by atoms with van der Waals surface area (Å²) in [6.07, 6.45) is 0.200. The Kier molecular flexibility index (Phi) is 4.99. The molecular weight excluding hydrogens is 378 g/mol. The second kappa shape index (κ2) is 7.06. The van der Waals surface area contributed by atoms with Crippen LogP contribution in [0.1, 0.15) is 16.8 Å². The molecule has 3 rings (SSSR count). The highest BCUT2D eigenvalue weighted by Crippen LogP contribution is 2.24. The summed E-state index contributed by atoms with van der Waals surface area (Å²) in [5.41, 5.74) is 1.73. The summed E-state index contributed by atoms with van der Waals surface area (Å²) < 4.78 is 33.0. The summed E-state index contributed by atoms with van der Waals surface area (Å²) in [6, 6.07) is 9.94. The molecule has 0 unspecified atom stereocenters. The summed E-state index contributed by atoms with van der Waals surface area (Å²) in [6.45, 7) is 1.82. The minimum Gasteiger partial charge on any atom is -0.423 e. The van der Waals surface area contributed by atoms with Crippen molar-refractivity contribution in [3.63, 3.8) is 0 Å². The van der Waals surface area contributed by atoms with Crippen molar-refractivity contribution in [1.29, 1.82) is 0 Å². The molecule has 0 radical (unpaired) electrons. The number of hydrogen-bond acceptors (Lipinski definition) is 5. The van der Waals surface area contributed by atoms with E-state index in [0.717, 1.165) is 10.9 Å². The number of aryl methyl sites for hydroxylation is 1. The van der Waals surface area contributed by atoms with E-state index in [0.29, 0.717) is 21.9 Å². The number of aromatic nitrogens is 1. The molecule has 2 aromatic heterocycles. The minimum atomic E-state index is -3.67. The molecule has 0 atom stereocenters. The number of nitrogens with zero attached hydrogens (tertiary/aromatic N) is 1. The maximum atomic E-state index is 12.4. The van der Waals surface area contributed by atoms with Crippen molar-refractivity contribution in [3.8, 4) is 0 Å². The van der Waals surface area contributed by atoms with Gasteiger partial charge in [0.2, 0.25) is 0 Å². The monoisotopic (exact) mass is 393 g/mol. The third-order valence-electron chi connectivity index (χ3n) is 3.92. The predicted molar refractivity (Wildman–Crippen MR) is 101 cm³/mol. The fourth-order valence-electron chi connectivity index (χ4n) is 2.57. The molecule has 2 heterocycles. The molecule has 0 fully saturated rings. The van der Waals surface area contributed by atoms with E-state index in [4.69, 9.17) is 16.0 Å². The fourth-order valence-corrected chi connectivity index (χ4v) is 3.23. The van der Waals surface area contributed by atoms with Crippen molar-refractivity contribution in [2.75, 3.05) is 11.8 Å². The smallest absolute Gasteiger partial charge is 0.340 e. The molecule has 0 spiro atoms. The zero-order valence-electron chi connectivity index (χ0n) is 14.0. The number of pyridine rings is 1. The molecule has 1 aromatic carbocycles. The maximum Gasteiger partial charge on any atom is 0.340 e. The molecule has 0 aliphatic rings. The quantitative estimate of drug-likeness (QED) is 0.649. The van der Waals surface area contributed by atoms with Gasteiger partial charge in [-0.25, -0.2) is 14.5 Å². The Morgan fingerprint density at radius 3 is 2.73 bits per heavy atom. The van der Waals surface area contributed by atoms with Gasteiger partial charge in [0.15, 0.2) is 0 Å². The van der Waals surface area contributed by atoms with Crippen molar-refractivity contribution in [1.82, 2.24) is 9.71 Å². The molecule has 3 aromatic rings. The zero-order valence-corrected chi connectivity index (χ0v) is 15.6. The van der Waals surface area contributed by atoms with Gasteiger partial charge in [-0.1, -0.05) is 17.7 Å². The van der Waals surface area contributed by atoms with Crippen LogP contribution >= 0.6 is 11.6 Å². The van der Waals surface area contributed by atoms with E-state index >= 15 is 0 Å². The average Bonchev–Trinajstić information content (AvgIpc) is 2.59. The van der Waals surface area contributed by atoms with Crippen LogP contribution in [-0.2, 0) is 16.6 Å². The number of benzene rings is 1. The summed E-state index contributed by atoms with van der Waals surface area (Å²) in [7, 11) is -2.38. The van der Waals surface area contributed by atoms with Gasteiger partial charge in [0.05, 0.1) is 0 Å². The van der Waals surface area contributed by atoms with Crippen LogP contribution in [0.2, 0.25) is 5.02 Å². The van der Waals surface area contributed by atoms with Crippen LogP contribution < -0.4 is 15.1 Å². The molecule has 136 valence electrons. The number of rotatable bonds is 5. The zero-order chi connectivity index (χ0) is 18.9. The number of halogens is 1. The molecule has 26 heavy (non-hydrogen) atoms. The normalized spacial score (nSPS) is 11.7. The first-order valence-corrected chi connectivity index (χ1v) is 9.54. The highest BCUT2D eigenvalue weighted by molar-refractivity contribution is 7.90. The van der Waals surface area contributed by atoms with Crippen LogP contribution in [-0.4, -0.2) is 20.4 Å². The van der Waals surface area contributed by atoms with Gasteiger partial charge in [0.25, 0.3) is 10.2 Å². The topological polar surface area (TPSA) is 101 Å². The second-order valence-corrected chi connectivity index (χ2v) is 7.69. The van der Waals surface area contributed by atoms with E-state index in [1.54, 1.807) is 30.3 Å². The third-order valence-corrected chi connectivity index (χ3v) is 5.17. The third kappa shape index (κ3) is 3.87. The minimum absolute atomic E-state index is 0.155. The number of anilines is 1. The van der Waals surface area contributed by atoms with E-state index in [1.165, 1.54) is 13.1 Å². The lowest BCUT2D eigenvalue weighted by atomic mass is 10.0. The van der Waals surface area contributed by atoms with Crippen molar-refractivity contribution in [2.45, 2.75) is 13.3 Å². The summed E-state index contributed by atoms with van der Waals surface area (Å²) in [5.74, 6) is 0.155. The lowest BCUT2D eigenvalue weighted by molar-refractivity contribution is 0.550. The number of hydrogen-bond donors (Lipinski definition) is 2. The maximum absolute atomic E-state index is 12.4. The van der Waals surface area contributed by atoms with Crippen LogP contribution in [0.4, 0.5) is 5.82 Å². The predicted octanol–water partition coefficient (Wildman–Crippen LogP) is 2.62. The molecule has 0 saturated heterocycles. The molecule has 9 heteroatoms. The SMILES string of the molecule is CNS(=O)(=O)Nc1cccc(Cc2c(C)c3cc(Cl)ccc3oc2=O)n1. The van der Waals surface area contributed by atoms with Gasteiger partial charge in [0.1, 0.15) is 11.4 Å². The van der Waals surface area contributed by atoms with E-state index in [2.05, 4.69) is 14.4 Å². The van der Waals surface area contributed by atoms with E-state index in [-0.39, 0.29) is 12.2 Å². The summed E-state index contributed by atoms with van der Waals surface area (Å²) in [4.78, 5) is 16.6. The van der Waals surface area contributed by atoms with E-state index in [1.807, 2.05) is 6.92 Å². The first kappa shape index (κ1) is 18.4. The standard InChI is InChI=1S/C17H16ClN3O4S/c1-10-13-8-11(18)6-7-15(13)25-17(22)14(10)9-12-4-3-5-16(20-12)21-26(23,24)19-2/h3-8,19H,9H2,1-2H3,(H,20,21). The van der Waals surface area contributed by atoms with Gasteiger partial charge in [-0.3, -0.25) is 4.72 Å². The lowest BCUT2D eigenvalue weighted by Crippen LogP contribution is -2.27. The Hall–Kier alpha value is -2.42. The van der Waals surface area contributed by atoms with E-state index < -0.39 is 15.8 Å². The van der Waals surface area contributed by atoms with Crippen molar-refractivity contribution in [2.24, 2.45) is 0 Å². The highest BCUT2D eigenvalue weighted by atomic mass is 35.5. The Labute approximate surface area is 155 Å². The van der Waals surface area contributed by atoms with Gasteiger partial charge >= 0.3 is 5.63 Å². The molecule has 0 aliphatic heterocycles. The number of fused-ring (bicyclic) bond motifs is 1. The molecule has 0 amide bonds. The Morgan fingerprint density at radius 2 is 2.00 bits per heavy atom. The second-order valence-electron chi connectivity index (χ2n) is 5.63. The first-order chi connectivity index (χ1) is 12.3. The van der Waals surface area contributed by atoms with E-state index in [9.17, 15) is 13.2 Å². The molecule has 0 aliphatic carbocycles. The van der Waals surface area contributed by atoms with Gasteiger partial charge in [-0.15, -0.1) is 0 Å². The molecule has 7 nitrogen and oxygen atoms in total. The fraction of sp³-hybridized carbons (Fsp3) is 0.176. The molecule has 0 bridgehead atoms. The van der Waals surface area contributed by atoms with Crippen LogP contribution in [0.15, 0.2) is 45.6 Å². The summed E-state index contributed by atoms with van der Waals surface area (Å²) in [5, 5.41) is 1.29. The van der Waals surface area contributed by atoms with Crippen LogP contribution in [0.5, 0.6) is 0 Å². The van der Waals surface area contributed by atoms with Crippen molar-refractivity contribution >= 4 is 38.6 Å². The van der Waals surface area contributed by atoms with Gasteiger partial charge in [-0.2, -0.15) is 8.42 Å².